The minimum absolute atomic E-state index is 0.132. The lowest BCUT2D eigenvalue weighted by Gasteiger charge is -2.04. The van der Waals surface area contributed by atoms with Crippen molar-refractivity contribution in [3.8, 4) is 0 Å². The van der Waals surface area contributed by atoms with Gasteiger partial charge < -0.3 is 0 Å². The normalized spacial score (nSPS) is 10.4. The van der Waals surface area contributed by atoms with Gasteiger partial charge in [0.05, 0.1) is 13.0 Å². The Kier molecular flexibility index (Phi) is 3.85. The third kappa shape index (κ3) is 3.34. The van der Waals surface area contributed by atoms with Crippen molar-refractivity contribution in [3.05, 3.63) is 47.5 Å². The first-order valence-corrected chi connectivity index (χ1v) is 6.04. The molecular weight excluding hydrogens is 242 g/mol. The van der Waals surface area contributed by atoms with Crippen molar-refractivity contribution in [2.75, 3.05) is 0 Å². The molecule has 2 rings (SSSR count). The molecule has 1 aromatic carbocycles. The molecule has 1 heterocycles. The second kappa shape index (κ2) is 5.56. The smallest absolute Gasteiger partial charge is 0.207 e. The first kappa shape index (κ1) is 13.1. The molecule has 0 radical (unpaired) electrons. The number of carbonyl (C=O) groups is 2. The van der Waals surface area contributed by atoms with Crippen LogP contribution in [0.2, 0.25) is 0 Å². The van der Waals surface area contributed by atoms with Gasteiger partial charge in [-0.2, -0.15) is 5.10 Å². The van der Waals surface area contributed by atoms with Crippen LogP contribution in [-0.2, 0) is 11.3 Å². The van der Waals surface area contributed by atoms with Crippen molar-refractivity contribution in [1.82, 2.24) is 14.8 Å². The van der Waals surface area contributed by atoms with E-state index in [1.807, 2.05) is 30.3 Å². The summed E-state index contributed by atoms with van der Waals surface area (Å²) in [5.41, 5.74) is 1.03. The second-order valence-electron chi connectivity index (χ2n) is 4.43. The Balaban J connectivity index is 2.26. The summed E-state index contributed by atoms with van der Waals surface area (Å²) in [4.78, 5) is 27.1. The Morgan fingerprint density at radius 3 is 2.53 bits per heavy atom. The highest BCUT2D eigenvalue weighted by Gasteiger charge is 2.17. The molecule has 0 aliphatic carbocycles. The van der Waals surface area contributed by atoms with Crippen LogP contribution >= 0.6 is 0 Å². The predicted molar refractivity (Wildman–Crippen MR) is 69.9 cm³/mol. The number of rotatable bonds is 5. The summed E-state index contributed by atoms with van der Waals surface area (Å²) in [7, 11) is 0. The molecule has 0 bridgehead atoms. The third-order valence-corrected chi connectivity index (χ3v) is 2.61. The van der Waals surface area contributed by atoms with E-state index in [1.165, 1.54) is 6.92 Å². The van der Waals surface area contributed by atoms with Crippen molar-refractivity contribution in [3.63, 3.8) is 0 Å². The van der Waals surface area contributed by atoms with Crippen LogP contribution < -0.4 is 0 Å². The van der Waals surface area contributed by atoms with Crippen LogP contribution in [0.4, 0.5) is 0 Å². The minimum atomic E-state index is -0.288. The van der Waals surface area contributed by atoms with Gasteiger partial charge >= 0.3 is 0 Å². The standard InChI is InChI=1S/C14H15N3O2/c1-10(18)8-13(19)14-15-11(2)16-17(14)9-12-6-4-3-5-7-12/h3-7H,8-9H2,1-2H3. The summed E-state index contributed by atoms with van der Waals surface area (Å²) < 4.78 is 1.55. The van der Waals surface area contributed by atoms with Crippen LogP contribution in [0.15, 0.2) is 30.3 Å². The van der Waals surface area contributed by atoms with Gasteiger partial charge in [0.2, 0.25) is 5.78 Å². The second-order valence-corrected chi connectivity index (χ2v) is 4.43. The lowest BCUT2D eigenvalue weighted by Crippen LogP contribution is -2.14. The van der Waals surface area contributed by atoms with E-state index in [2.05, 4.69) is 10.1 Å². The number of benzene rings is 1. The van der Waals surface area contributed by atoms with E-state index >= 15 is 0 Å². The Hall–Kier alpha value is -2.30. The highest BCUT2D eigenvalue weighted by Crippen LogP contribution is 2.07. The molecule has 0 spiro atoms. The molecular formula is C14H15N3O2. The van der Waals surface area contributed by atoms with Gasteiger partial charge in [0, 0.05) is 0 Å². The van der Waals surface area contributed by atoms with E-state index in [9.17, 15) is 9.59 Å². The lowest BCUT2D eigenvalue weighted by atomic mass is 10.2. The van der Waals surface area contributed by atoms with E-state index < -0.39 is 0 Å². The van der Waals surface area contributed by atoms with E-state index in [4.69, 9.17) is 0 Å². The molecule has 0 saturated carbocycles. The Morgan fingerprint density at radius 2 is 1.89 bits per heavy atom. The molecule has 19 heavy (non-hydrogen) atoms. The molecule has 5 nitrogen and oxygen atoms in total. The summed E-state index contributed by atoms with van der Waals surface area (Å²) in [5, 5.41) is 4.21. The zero-order valence-electron chi connectivity index (χ0n) is 11.0. The molecule has 5 heteroatoms. The van der Waals surface area contributed by atoms with Gasteiger partial charge in [-0.05, 0) is 19.4 Å². The van der Waals surface area contributed by atoms with Crippen LogP contribution in [0.25, 0.3) is 0 Å². The fraction of sp³-hybridized carbons (Fsp3) is 0.286. The maximum atomic E-state index is 11.9. The van der Waals surface area contributed by atoms with Crippen molar-refractivity contribution in [2.24, 2.45) is 0 Å². The number of aryl methyl sites for hydroxylation is 1. The van der Waals surface area contributed by atoms with E-state index in [1.54, 1.807) is 11.6 Å². The van der Waals surface area contributed by atoms with Crippen molar-refractivity contribution in [2.45, 2.75) is 26.8 Å². The van der Waals surface area contributed by atoms with Crippen molar-refractivity contribution in [1.29, 1.82) is 0 Å². The van der Waals surface area contributed by atoms with E-state index in [-0.39, 0.29) is 23.8 Å². The number of hydrogen-bond acceptors (Lipinski definition) is 4. The zero-order chi connectivity index (χ0) is 13.8. The SMILES string of the molecule is CC(=O)CC(=O)c1nc(C)nn1Cc1ccccc1. The molecule has 0 saturated heterocycles. The summed E-state index contributed by atoms with van der Waals surface area (Å²) in [6, 6.07) is 9.69. The lowest BCUT2D eigenvalue weighted by molar-refractivity contribution is -0.116. The highest BCUT2D eigenvalue weighted by molar-refractivity contribution is 6.05. The molecule has 0 amide bonds. The maximum absolute atomic E-state index is 11.9. The number of hydrogen-bond donors (Lipinski definition) is 0. The fourth-order valence-corrected chi connectivity index (χ4v) is 1.83. The first-order valence-electron chi connectivity index (χ1n) is 6.04. The number of aromatic nitrogens is 3. The summed E-state index contributed by atoms with van der Waals surface area (Å²) in [5.74, 6) is 0.320. The largest absolute Gasteiger partial charge is 0.300 e. The monoisotopic (exact) mass is 257 g/mol. The average Bonchev–Trinajstić information content (AvgIpc) is 2.71. The third-order valence-electron chi connectivity index (χ3n) is 2.61. The number of nitrogens with zero attached hydrogens (tertiary/aromatic N) is 3. The van der Waals surface area contributed by atoms with E-state index in [0.717, 1.165) is 5.56 Å². The molecule has 1 aromatic heterocycles. The first-order chi connectivity index (χ1) is 9.06. The summed E-state index contributed by atoms with van der Waals surface area (Å²) in [6.45, 7) is 3.59. The predicted octanol–water partition coefficient (Wildman–Crippen LogP) is 1.80. The topological polar surface area (TPSA) is 64.8 Å². The van der Waals surface area contributed by atoms with Crippen LogP contribution in [0, 0.1) is 6.92 Å². The Labute approximate surface area is 111 Å². The molecule has 0 aliphatic heterocycles. The maximum Gasteiger partial charge on any atom is 0.207 e. The Morgan fingerprint density at radius 1 is 1.21 bits per heavy atom. The Bertz CT molecular complexity index is 602. The van der Waals surface area contributed by atoms with Gasteiger partial charge in [0.1, 0.15) is 11.6 Å². The average molecular weight is 257 g/mol. The van der Waals surface area contributed by atoms with Crippen LogP contribution in [-0.4, -0.2) is 26.3 Å². The van der Waals surface area contributed by atoms with Crippen molar-refractivity contribution < 1.29 is 9.59 Å². The van der Waals surface area contributed by atoms with Crippen molar-refractivity contribution >= 4 is 11.6 Å². The zero-order valence-corrected chi connectivity index (χ0v) is 11.0. The van der Waals surface area contributed by atoms with Crippen LogP contribution in [0.1, 0.15) is 35.4 Å². The van der Waals surface area contributed by atoms with Gasteiger partial charge in [0.15, 0.2) is 5.82 Å². The molecule has 0 unspecified atom stereocenters. The van der Waals surface area contributed by atoms with Gasteiger partial charge in [-0.25, -0.2) is 9.67 Å². The quantitative estimate of drug-likeness (QED) is 0.605. The fourth-order valence-electron chi connectivity index (χ4n) is 1.83. The summed E-state index contributed by atoms with van der Waals surface area (Å²) >= 11 is 0. The molecule has 0 atom stereocenters. The minimum Gasteiger partial charge on any atom is -0.300 e. The summed E-state index contributed by atoms with van der Waals surface area (Å²) in [6.07, 6.45) is -0.132. The van der Waals surface area contributed by atoms with Gasteiger partial charge in [-0.1, -0.05) is 30.3 Å². The molecule has 98 valence electrons. The highest BCUT2D eigenvalue weighted by atomic mass is 16.1. The number of ketones is 2. The van der Waals surface area contributed by atoms with Gasteiger partial charge in [-0.15, -0.1) is 0 Å². The number of Topliss-reactive ketones (excluding diaryl/α,β-unsaturated/α-hetero) is 2. The van der Waals surface area contributed by atoms with E-state index in [0.29, 0.717) is 12.4 Å². The van der Waals surface area contributed by atoms with Gasteiger partial charge in [-0.3, -0.25) is 9.59 Å². The molecule has 2 aromatic rings. The molecule has 0 N–H and O–H groups in total. The molecule has 0 fully saturated rings. The van der Waals surface area contributed by atoms with Crippen LogP contribution in [0.3, 0.4) is 0 Å². The van der Waals surface area contributed by atoms with Gasteiger partial charge in [0.25, 0.3) is 0 Å². The number of carbonyl (C=O) groups excluding carboxylic acids is 2. The van der Waals surface area contributed by atoms with Crippen LogP contribution in [0.5, 0.6) is 0 Å². The molecule has 0 aliphatic rings.